The van der Waals surface area contributed by atoms with E-state index < -0.39 is 6.10 Å². The maximum Gasteiger partial charge on any atom is 0.306 e. The average Bonchev–Trinajstić information content (AvgIpc) is 3.27. The number of carbonyl (C=O) groups excluding carboxylic acids is 3. The fourth-order valence-electron chi connectivity index (χ4n) is 8.13. The average molecular weight is 873 g/mol. The summed E-state index contributed by atoms with van der Waals surface area (Å²) in [6, 6.07) is 0. The van der Waals surface area contributed by atoms with Gasteiger partial charge in [0.05, 0.1) is 0 Å². The van der Waals surface area contributed by atoms with Crippen molar-refractivity contribution in [1.29, 1.82) is 0 Å². The minimum absolute atomic E-state index is 0.0693. The van der Waals surface area contributed by atoms with Crippen LogP contribution >= 0.6 is 0 Å². The van der Waals surface area contributed by atoms with E-state index in [1.165, 1.54) is 180 Å². The van der Waals surface area contributed by atoms with Crippen LogP contribution < -0.4 is 0 Å². The molecule has 0 radical (unpaired) electrons. The van der Waals surface area contributed by atoms with Crippen molar-refractivity contribution < 1.29 is 28.6 Å². The van der Waals surface area contributed by atoms with Gasteiger partial charge in [-0.1, -0.05) is 257 Å². The fourth-order valence-corrected chi connectivity index (χ4v) is 8.13. The highest BCUT2D eigenvalue weighted by atomic mass is 16.6. The van der Waals surface area contributed by atoms with Gasteiger partial charge in [-0.25, -0.2) is 0 Å². The van der Waals surface area contributed by atoms with Gasteiger partial charge in [-0.3, -0.25) is 14.4 Å². The van der Waals surface area contributed by atoms with Crippen LogP contribution in [0.3, 0.4) is 0 Å². The predicted octanol–water partition coefficient (Wildman–Crippen LogP) is 17.9. The smallest absolute Gasteiger partial charge is 0.306 e. The maximum atomic E-state index is 12.8. The Hall–Kier alpha value is -2.11. The molecule has 0 N–H and O–H groups in total. The number of hydrogen-bond donors (Lipinski definition) is 0. The highest BCUT2D eigenvalue weighted by molar-refractivity contribution is 5.71. The quantitative estimate of drug-likeness (QED) is 0.0262. The van der Waals surface area contributed by atoms with E-state index >= 15 is 0 Å². The summed E-state index contributed by atoms with van der Waals surface area (Å²) >= 11 is 0. The SMILES string of the molecule is CC/C=C\C/C=C\CCCCCCCCCC(=O)OC(COC(=O)CCCCCCCCCCCCCCC)COC(=O)CCCCCCCCCCCCCCCCCCC. The topological polar surface area (TPSA) is 78.9 Å². The van der Waals surface area contributed by atoms with Crippen LogP contribution in [0.2, 0.25) is 0 Å². The molecule has 0 rings (SSSR count). The number of ether oxygens (including phenoxy) is 3. The summed E-state index contributed by atoms with van der Waals surface area (Å²) in [6.07, 6.45) is 58.8. The summed E-state index contributed by atoms with van der Waals surface area (Å²) in [5, 5.41) is 0. The van der Waals surface area contributed by atoms with Gasteiger partial charge in [0, 0.05) is 19.3 Å². The first-order chi connectivity index (χ1) is 30.5. The molecule has 0 fully saturated rings. The van der Waals surface area contributed by atoms with Crippen molar-refractivity contribution in [1.82, 2.24) is 0 Å². The van der Waals surface area contributed by atoms with Crippen molar-refractivity contribution in [3.8, 4) is 0 Å². The van der Waals surface area contributed by atoms with Crippen molar-refractivity contribution in [2.45, 2.75) is 303 Å². The first-order valence-corrected chi connectivity index (χ1v) is 27.3. The van der Waals surface area contributed by atoms with Crippen LogP contribution in [-0.4, -0.2) is 37.2 Å². The van der Waals surface area contributed by atoms with Crippen LogP contribution in [0.25, 0.3) is 0 Å². The van der Waals surface area contributed by atoms with E-state index in [2.05, 4.69) is 45.1 Å². The number of hydrogen-bond acceptors (Lipinski definition) is 6. The van der Waals surface area contributed by atoms with Gasteiger partial charge in [0.25, 0.3) is 0 Å². The second kappa shape index (κ2) is 51.5. The molecule has 0 saturated heterocycles. The molecule has 0 saturated carbocycles. The summed E-state index contributed by atoms with van der Waals surface area (Å²) in [6.45, 7) is 6.57. The molecule has 0 aromatic rings. The Morgan fingerprint density at radius 3 is 0.968 bits per heavy atom. The normalized spacial score (nSPS) is 12.1. The van der Waals surface area contributed by atoms with E-state index in [9.17, 15) is 14.4 Å². The lowest BCUT2D eigenvalue weighted by molar-refractivity contribution is -0.167. The van der Waals surface area contributed by atoms with Crippen LogP contribution in [0.15, 0.2) is 24.3 Å². The standard InChI is InChI=1S/C56H104O6/c1-4-7-10-13-16-19-22-25-27-28-29-32-34-37-40-43-46-49-55(58)61-52-53(51-60-54(57)48-45-42-39-36-33-30-24-21-18-15-12-9-6-3)62-56(59)50-47-44-41-38-35-31-26-23-20-17-14-11-8-5-2/h8,11,17,20,53H,4-7,9-10,12-16,18-19,21-52H2,1-3H3/b11-8-,20-17-. The number of esters is 3. The van der Waals surface area contributed by atoms with Crippen molar-refractivity contribution in [3.63, 3.8) is 0 Å². The monoisotopic (exact) mass is 873 g/mol. The lowest BCUT2D eigenvalue weighted by Gasteiger charge is -2.18. The van der Waals surface area contributed by atoms with Crippen molar-refractivity contribution in [2.24, 2.45) is 0 Å². The molecular formula is C56H104O6. The molecule has 0 aliphatic heterocycles. The predicted molar refractivity (Wildman–Crippen MR) is 266 cm³/mol. The zero-order chi connectivity index (χ0) is 45.1. The van der Waals surface area contributed by atoms with Crippen molar-refractivity contribution >= 4 is 17.9 Å². The highest BCUT2D eigenvalue weighted by Gasteiger charge is 2.19. The van der Waals surface area contributed by atoms with E-state index in [4.69, 9.17) is 14.2 Å². The minimum atomic E-state index is -0.769. The Balaban J connectivity index is 4.31. The second-order valence-electron chi connectivity index (χ2n) is 18.5. The van der Waals surface area contributed by atoms with Crippen LogP contribution in [0.4, 0.5) is 0 Å². The Kier molecular flexibility index (Phi) is 49.8. The molecule has 364 valence electrons. The third-order valence-corrected chi connectivity index (χ3v) is 12.2. The molecule has 0 aromatic heterocycles. The van der Waals surface area contributed by atoms with Gasteiger partial charge in [-0.05, 0) is 44.9 Å². The molecule has 1 unspecified atom stereocenters. The van der Waals surface area contributed by atoms with E-state index in [1.807, 2.05) is 0 Å². The Morgan fingerprint density at radius 2 is 0.629 bits per heavy atom. The summed E-state index contributed by atoms with van der Waals surface area (Å²) in [5.41, 5.74) is 0. The molecule has 62 heavy (non-hydrogen) atoms. The van der Waals surface area contributed by atoms with Crippen molar-refractivity contribution in [3.05, 3.63) is 24.3 Å². The summed E-state index contributed by atoms with van der Waals surface area (Å²) in [7, 11) is 0. The zero-order valence-electron chi connectivity index (χ0n) is 41.7. The first-order valence-electron chi connectivity index (χ1n) is 27.3. The first kappa shape index (κ1) is 59.9. The molecule has 0 aromatic carbocycles. The van der Waals surface area contributed by atoms with E-state index in [0.717, 1.165) is 77.0 Å². The number of allylic oxidation sites excluding steroid dienone is 4. The Morgan fingerprint density at radius 1 is 0.339 bits per heavy atom. The number of rotatable bonds is 50. The van der Waals surface area contributed by atoms with Crippen LogP contribution in [0.1, 0.15) is 297 Å². The largest absolute Gasteiger partial charge is 0.462 e. The number of carbonyl (C=O) groups is 3. The molecule has 0 heterocycles. The lowest BCUT2D eigenvalue weighted by Crippen LogP contribution is -2.30. The Bertz CT molecular complexity index is 1000. The van der Waals surface area contributed by atoms with Gasteiger partial charge in [-0.15, -0.1) is 0 Å². The highest BCUT2D eigenvalue weighted by Crippen LogP contribution is 2.17. The molecular weight excluding hydrogens is 769 g/mol. The van der Waals surface area contributed by atoms with Crippen LogP contribution in [0, 0.1) is 0 Å². The van der Waals surface area contributed by atoms with E-state index in [-0.39, 0.29) is 31.1 Å². The van der Waals surface area contributed by atoms with Gasteiger partial charge < -0.3 is 14.2 Å². The summed E-state index contributed by atoms with van der Waals surface area (Å²) < 4.78 is 16.8. The second-order valence-corrected chi connectivity index (χ2v) is 18.5. The molecule has 6 heteroatoms. The van der Waals surface area contributed by atoms with E-state index in [1.54, 1.807) is 0 Å². The fraction of sp³-hybridized carbons (Fsp3) is 0.875. The maximum absolute atomic E-state index is 12.8. The molecule has 6 nitrogen and oxygen atoms in total. The van der Waals surface area contributed by atoms with Gasteiger partial charge >= 0.3 is 17.9 Å². The van der Waals surface area contributed by atoms with Crippen molar-refractivity contribution in [2.75, 3.05) is 13.2 Å². The molecule has 0 spiro atoms. The minimum Gasteiger partial charge on any atom is -0.462 e. The third-order valence-electron chi connectivity index (χ3n) is 12.2. The lowest BCUT2D eigenvalue weighted by atomic mass is 10.0. The number of unbranched alkanes of at least 4 members (excludes halogenated alkanes) is 35. The van der Waals surface area contributed by atoms with Crippen LogP contribution in [-0.2, 0) is 28.6 Å². The van der Waals surface area contributed by atoms with Gasteiger partial charge in [0.15, 0.2) is 6.10 Å². The molecule has 1 atom stereocenters. The molecule has 0 aliphatic rings. The molecule has 0 amide bonds. The van der Waals surface area contributed by atoms with Gasteiger partial charge in [-0.2, -0.15) is 0 Å². The van der Waals surface area contributed by atoms with Gasteiger partial charge in [0.1, 0.15) is 13.2 Å². The third kappa shape index (κ3) is 48.9. The van der Waals surface area contributed by atoms with Gasteiger partial charge in [0.2, 0.25) is 0 Å². The van der Waals surface area contributed by atoms with E-state index in [0.29, 0.717) is 19.3 Å². The summed E-state index contributed by atoms with van der Waals surface area (Å²) in [4.78, 5) is 38.0. The molecule has 0 bridgehead atoms. The summed E-state index contributed by atoms with van der Waals surface area (Å²) in [5.74, 6) is -0.859. The zero-order valence-corrected chi connectivity index (χ0v) is 41.7. The van der Waals surface area contributed by atoms with Crippen LogP contribution in [0.5, 0.6) is 0 Å². The Labute approximate surface area is 385 Å². The molecule has 0 aliphatic carbocycles.